The van der Waals surface area contributed by atoms with E-state index in [0.29, 0.717) is 22.1 Å². The number of nitrogen functional groups attached to an aromatic ring is 1. The molecule has 1 aromatic rings. The van der Waals surface area contributed by atoms with Crippen molar-refractivity contribution in [2.45, 2.75) is 26.3 Å². The molecule has 0 fully saturated rings. The number of carbonyl (C=O) groups is 1. The molecule has 1 atom stereocenters. The lowest BCUT2D eigenvalue weighted by atomic mass is 10.2. The molecule has 1 amide bonds. The number of anilines is 1. The van der Waals surface area contributed by atoms with Crippen LogP contribution < -0.4 is 11.1 Å². The molecule has 0 radical (unpaired) electrons. The van der Waals surface area contributed by atoms with Crippen molar-refractivity contribution in [1.82, 2.24) is 10.3 Å². The largest absolute Gasteiger partial charge is 0.394 e. The van der Waals surface area contributed by atoms with Crippen molar-refractivity contribution < 1.29 is 9.90 Å². The number of hydrogen-bond acceptors (Lipinski definition) is 5. The van der Waals surface area contributed by atoms with E-state index in [1.807, 2.05) is 6.92 Å². The number of nitrogens with two attached hydrogens (primary N) is 1. The van der Waals surface area contributed by atoms with Crippen LogP contribution in [0.5, 0.6) is 0 Å². The predicted octanol–water partition coefficient (Wildman–Crippen LogP) is 0.534. The maximum absolute atomic E-state index is 11.7. The summed E-state index contributed by atoms with van der Waals surface area (Å²) in [7, 11) is 0. The van der Waals surface area contributed by atoms with E-state index >= 15 is 0 Å². The Morgan fingerprint density at radius 2 is 2.40 bits per heavy atom. The summed E-state index contributed by atoms with van der Waals surface area (Å²) in [5, 5.41) is 12.0. The number of aliphatic hydroxyl groups excluding tert-OH is 1. The van der Waals surface area contributed by atoms with Crippen LogP contribution in [-0.4, -0.2) is 28.6 Å². The maximum atomic E-state index is 11.7. The molecule has 0 aromatic carbocycles. The van der Waals surface area contributed by atoms with E-state index in [1.165, 1.54) is 0 Å². The van der Waals surface area contributed by atoms with Crippen LogP contribution in [0.4, 0.5) is 5.13 Å². The van der Waals surface area contributed by atoms with Gasteiger partial charge < -0.3 is 16.2 Å². The predicted molar refractivity (Wildman–Crippen MR) is 59.9 cm³/mol. The maximum Gasteiger partial charge on any atom is 0.263 e. The summed E-state index contributed by atoms with van der Waals surface area (Å²) in [5.74, 6) is -0.220. The zero-order valence-corrected chi connectivity index (χ0v) is 9.60. The molecule has 1 aromatic heterocycles. The zero-order valence-electron chi connectivity index (χ0n) is 8.78. The summed E-state index contributed by atoms with van der Waals surface area (Å²) in [4.78, 5) is 16.2. The van der Waals surface area contributed by atoms with Gasteiger partial charge in [0.05, 0.1) is 18.3 Å². The molecule has 0 aliphatic carbocycles. The first-order chi connectivity index (χ1) is 7.08. The molecule has 0 spiro atoms. The highest BCUT2D eigenvalue weighted by atomic mass is 32.1. The molecule has 0 unspecified atom stereocenters. The normalized spacial score (nSPS) is 12.5. The second kappa shape index (κ2) is 5.09. The van der Waals surface area contributed by atoms with Crippen molar-refractivity contribution in [3.63, 3.8) is 0 Å². The fourth-order valence-corrected chi connectivity index (χ4v) is 1.89. The molecule has 6 heteroatoms. The van der Waals surface area contributed by atoms with Gasteiger partial charge in [-0.1, -0.05) is 18.3 Å². The Labute approximate surface area is 92.3 Å². The van der Waals surface area contributed by atoms with E-state index < -0.39 is 0 Å². The minimum Gasteiger partial charge on any atom is -0.394 e. The van der Waals surface area contributed by atoms with Gasteiger partial charge >= 0.3 is 0 Å². The van der Waals surface area contributed by atoms with Crippen LogP contribution in [0.25, 0.3) is 0 Å². The quantitative estimate of drug-likeness (QED) is 0.703. The fraction of sp³-hybridized carbons (Fsp3) is 0.556. The topological polar surface area (TPSA) is 88.2 Å². The molecule has 1 rings (SSSR count). The summed E-state index contributed by atoms with van der Waals surface area (Å²) in [5.41, 5.74) is 6.12. The number of nitrogens with zero attached hydrogens (tertiary/aromatic N) is 1. The van der Waals surface area contributed by atoms with Gasteiger partial charge in [-0.2, -0.15) is 0 Å². The Morgan fingerprint density at radius 1 is 1.73 bits per heavy atom. The average molecular weight is 229 g/mol. The third-order valence-corrected chi connectivity index (χ3v) is 3.05. The van der Waals surface area contributed by atoms with Crippen LogP contribution in [0, 0.1) is 6.92 Å². The number of hydrogen-bond donors (Lipinski definition) is 3. The van der Waals surface area contributed by atoms with Crippen LogP contribution in [0.3, 0.4) is 0 Å². The first-order valence-corrected chi connectivity index (χ1v) is 5.54. The fourth-order valence-electron chi connectivity index (χ4n) is 1.16. The molecule has 0 saturated carbocycles. The van der Waals surface area contributed by atoms with Crippen molar-refractivity contribution >= 4 is 22.4 Å². The van der Waals surface area contributed by atoms with E-state index in [1.54, 1.807) is 6.92 Å². The molecule has 0 saturated heterocycles. The molecular formula is C9H15N3O2S. The Morgan fingerprint density at radius 3 is 2.80 bits per heavy atom. The van der Waals surface area contributed by atoms with Crippen molar-refractivity contribution in [3.05, 3.63) is 10.6 Å². The summed E-state index contributed by atoms with van der Waals surface area (Å²) in [6.45, 7) is 3.58. The van der Waals surface area contributed by atoms with Gasteiger partial charge in [0.25, 0.3) is 5.91 Å². The van der Waals surface area contributed by atoms with E-state index in [-0.39, 0.29) is 18.6 Å². The first kappa shape index (κ1) is 11.9. The Kier molecular flexibility index (Phi) is 4.05. The Balaban J connectivity index is 2.72. The van der Waals surface area contributed by atoms with Gasteiger partial charge in [-0.05, 0) is 13.3 Å². The van der Waals surface area contributed by atoms with Crippen LogP contribution in [0.1, 0.15) is 28.7 Å². The Bertz CT molecular complexity index is 347. The molecule has 84 valence electrons. The number of aryl methyl sites for hydroxylation is 1. The van der Waals surface area contributed by atoms with Gasteiger partial charge in [0.15, 0.2) is 5.13 Å². The van der Waals surface area contributed by atoms with Gasteiger partial charge in [-0.3, -0.25) is 4.79 Å². The second-order valence-corrected chi connectivity index (χ2v) is 4.26. The highest BCUT2D eigenvalue weighted by Gasteiger charge is 2.16. The lowest BCUT2D eigenvalue weighted by Crippen LogP contribution is -2.36. The van der Waals surface area contributed by atoms with Crippen molar-refractivity contribution in [2.24, 2.45) is 0 Å². The molecule has 5 nitrogen and oxygen atoms in total. The standard InChI is InChI=1S/C9H15N3O2S/c1-3-6(4-13)12-8(14)7-5(2)11-9(10)15-7/h6,13H,3-4H2,1-2H3,(H2,10,11)(H,12,14)/t6-/m0/s1. The molecule has 1 heterocycles. The minimum atomic E-state index is -0.220. The van der Waals surface area contributed by atoms with Gasteiger partial charge in [-0.25, -0.2) is 4.98 Å². The zero-order chi connectivity index (χ0) is 11.4. The average Bonchev–Trinajstić information content (AvgIpc) is 2.54. The number of thiazole rings is 1. The molecule has 4 N–H and O–H groups in total. The third kappa shape index (κ3) is 2.90. The second-order valence-electron chi connectivity index (χ2n) is 3.23. The van der Waals surface area contributed by atoms with Gasteiger partial charge in [0.2, 0.25) is 0 Å². The Hall–Kier alpha value is -1.14. The lowest BCUT2D eigenvalue weighted by Gasteiger charge is -2.12. The number of aromatic nitrogens is 1. The molecular weight excluding hydrogens is 214 g/mol. The molecule has 15 heavy (non-hydrogen) atoms. The summed E-state index contributed by atoms with van der Waals surface area (Å²) < 4.78 is 0. The monoisotopic (exact) mass is 229 g/mol. The first-order valence-electron chi connectivity index (χ1n) is 4.73. The SMILES string of the molecule is CC[C@@H](CO)NC(=O)c1sc(N)nc1C. The number of nitrogens with one attached hydrogen (secondary N) is 1. The van der Waals surface area contributed by atoms with Crippen LogP contribution >= 0.6 is 11.3 Å². The highest BCUT2D eigenvalue weighted by molar-refractivity contribution is 7.17. The third-order valence-electron chi connectivity index (χ3n) is 2.07. The van der Waals surface area contributed by atoms with Crippen molar-refractivity contribution in [1.29, 1.82) is 0 Å². The van der Waals surface area contributed by atoms with Crippen molar-refractivity contribution in [2.75, 3.05) is 12.3 Å². The molecule has 0 aliphatic heterocycles. The highest BCUT2D eigenvalue weighted by Crippen LogP contribution is 2.19. The van der Waals surface area contributed by atoms with Crippen molar-refractivity contribution in [3.8, 4) is 0 Å². The van der Waals surface area contributed by atoms with Gasteiger partial charge in [-0.15, -0.1) is 0 Å². The van der Waals surface area contributed by atoms with E-state index in [4.69, 9.17) is 10.8 Å². The van der Waals surface area contributed by atoms with Crippen LogP contribution in [0.15, 0.2) is 0 Å². The minimum absolute atomic E-state index is 0.0599. The van der Waals surface area contributed by atoms with E-state index in [2.05, 4.69) is 10.3 Å². The lowest BCUT2D eigenvalue weighted by molar-refractivity contribution is 0.0918. The number of carbonyl (C=O) groups excluding carboxylic acids is 1. The van der Waals surface area contributed by atoms with Crippen LogP contribution in [-0.2, 0) is 0 Å². The number of rotatable bonds is 4. The molecule has 0 aliphatic rings. The summed E-state index contributed by atoms with van der Waals surface area (Å²) >= 11 is 1.16. The number of aliphatic hydroxyl groups is 1. The van der Waals surface area contributed by atoms with Gasteiger partial charge in [0.1, 0.15) is 4.88 Å². The summed E-state index contributed by atoms with van der Waals surface area (Å²) in [6.07, 6.45) is 0.690. The van der Waals surface area contributed by atoms with Gasteiger partial charge in [0, 0.05) is 0 Å². The molecule has 0 bridgehead atoms. The summed E-state index contributed by atoms with van der Waals surface area (Å²) in [6, 6.07) is -0.208. The smallest absolute Gasteiger partial charge is 0.263 e. The van der Waals surface area contributed by atoms with E-state index in [0.717, 1.165) is 11.3 Å². The van der Waals surface area contributed by atoms with Crippen LogP contribution in [0.2, 0.25) is 0 Å². The van der Waals surface area contributed by atoms with E-state index in [9.17, 15) is 4.79 Å². The number of amides is 1.